The molecule has 118 valence electrons. The molecule has 1 aliphatic heterocycles. The van der Waals surface area contributed by atoms with Crippen LogP contribution in [-0.2, 0) is 0 Å². The summed E-state index contributed by atoms with van der Waals surface area (Å²) in [6, 6.07) is 2.59. The maximum absolute atomic E-state index is 13.5. The number of hydrogen-bond acceptors (Lipinski definition) is 4. The summed E-state index contributed by atoms with van der Waals surface area (Å²) < 4.78 is 40.5. The van der Waals surface area contributed by atoms with Crippen molar-refractivity contribution in [2.24, 2.45) is 11.0 Å². The van der Waals surface area contributed by atoms with Gasteiger partial charge in [-0.05, 0) is 31.4 Å². The van der Waals surface area contributed by atoms with Crippen LogP contribution in [0.15, 0.2) is 29.6 Å². The molecule has 22 heavy (non-hydrogen) atoms. The molecule has 0 unspecified atom stereocenters. The third-order valence-corrected chi connectivity index (χ3v) is 4.15. The van der Waals surface area contributed by atoms with E-state index in [4.69, 9.17) is 0 Å². The summed E-state index contributed by atoms with van der Waals surface area (Å²) in [6.07, 6.45) is -0.576. The fraction of sp³-hybridized carbons (Fsp3) is 0.500. The summed E-state index contributed by atoms with van der Waals surface area (Å²) in [5.74, 6) is -2.17. The molecule has 2 atom stereocenters. The third kappa shape index (κ3) is 2.09. The quantitative estimate of drug-likeness (QED) is 0.865. The standard InChI is InChI=1S/C14H14F3N3O2/c15-14(16,17)13(22)10-3-1-2-4-11(10)19-20(13)12(21)9-5-7-18-8-6-9/h5-8,10,22H,1-4H2/t10-,13+/m0/s1. The minimum Gasteiger partial charge on any atom is -0.362 e. The molecule has 1 fully saturated rings. The number of rotatable bonds is 1. The Morgan fingerprint density at radius 1 is 1.32 bits per heavy atom. The van der Waals surface area contributed by atoms with Gasteiger partial charge in [-0.1, -0.05) is 6.42 Å². The molecule has 1 saturated carbocycles. The van der Waals surface area contributed by atoms with Gasteiger partial charge in [0.25, 0.3) is 11.6 Å². The lowest BCUT2D eigenvalue weighted by atomic mass is 9.80. The van der Waals surface area contributed by atoms with Crippen molar-refractivity contribution in [1.82, 2.24) is 9.99 Å². The highest BCUT2D eigenvalue weighted by Gasteiger charge is 2.68. The first-order valence-electron chi connectivity index (χ1n) is 6.97. The van der Waals surface area contributed by atoms with Crippen LogP contribution in [0.3, 0.4) is 0 Å². The Balaban J connectivity index is 2.04. The van der Waals surface area contributed by atoms with E-state index < -0.39 is 23.7 Å². The zero-order valence-corrected chi connectivity index (χ0v) is 11.5. The molecule has 0 aromatic carbocycles. The predicted octanol–water partition coefficient (Wildman–Crippen LogP) is 2.33. The van der Waals surface area contributed by atoms with Crippen molar-refractivity contribution in [3.8, 4) is 0 Å². The van der Waals surface area contributed by atoms with E-state index >= 15 is 0 Å². The zero-order valence-electron chi connectivity index (χ0n) is 11.5. The first kappa shape index (κ1) is 15.0. The van der Waals surface area contributed by atoms with Crippen LogP contribution in [0.5, 0.6) is 0 Å². The summed E-state index contributed by atoms with van der Waals surface area (Å²) in [5, 5.41) is 14.4. The van der Waals surface area contributed by atoms with Gasteiger partial charge in [-0.3, -0.25) is 9.78 Å². The lowest BCUT2D eigenvalue weighted by Crippen LogP contribution is -2.61. The second-order valence-corrected chi connectivity index (χ2v) is 5.47. The molecule has 1 aromatic rings. The van der Waals surface area contributed by atoms with Crippen LogP contribution >= 0.6 is 0 Å². The van der Waals surface area contributed by atoms with Crippen LogP contribution in [-0.4, -0.2) is 38.6 Å². The second kappa shape index (κ2) is 5.05. The van der Waals surface area contributed by atoms with E-state index in [1.54, 1.807) is 0 Å². The fourth-order valence-corrected chi connectivity index (χ4v) is 3.04. The van der Waals surface area contributed by atoms with Crippen molar-refractivity contribution in [2.75, 3.05) is 0 Å². The van der Waals surface area contributed by atoms with E-state index in [2.05, 4.69) is 10.1 Å². The molecule has 1 N–H and O–H groups in total. The lowest BCUT2D eigenvalue weighted by molar-refractivity contribution is -0.312. The highest BCUT2D eigenvalue weighted by atomic mass is 19.4. The van der Waals surface area contributed by atoms with E-state index in [1.165, 1.54) is 24.5 Å². The maximum atomic E-state index is 13.5. The first-order valence-corrected chi connectivity index (χ1v) is 6.97. The van der Waals surface area contributed by atoms with Gasteiger partial charge in [0, 0.05) is 23.7 Å². The Morgan fingerprint density at radius 2 is 2.00 bits per heavy atom. The number of amides is 1. The molecule has 0 saturated heterocycles. The van der Waals surface area contributed by atoms with Gasteiger partial charge in [-0.15, -0.1) is 0 Å². The molecular formula is C14H14F3N3O2. The van der Waals surface area contributed by atoms with Crippen LogP contribution in [0.2, 0.25) is 0 Å². The van der Waals surface area contributed by atoms with Gasteiger partial charge in [0.1, 0.15) is 0 Å². The van der Waals surface area contributed by atoms with E-state index in [0.29, 0.717) is 19.3 Å². The van der Waals surface area contributed by atoms with Crippen molar-refractivity contribution in [3.05, 3.63) is 30.1 Å². The van der Waals surface area contributed by atoms with E-state index in [9.17, 15) is 23.1 Å². The van der Waals surface area contributed by atoms with Gasteiger partial charge in [0.05, 0.1) is 5.92 Å². The highest BCUT2D eigenvalue weighted by molar-refractivity contribution is 5.99. The molecule has 2 heterocycles. The number of pyridine rings is 1. The van der Waals surface area contributed by atoms with Crippen LogP contribution in [0.4, 0.5) is 13.2 Å². The maximum Gasteiger partial charge on any atom is 0.439 e. The largest absolute Gasteiger partial charge is 0.439 e. The summed E-state index contributed by atoms with van der Waals surface area (Å²) >= 11 is 0. The molecular weight excluding hydrogens is 299 g/mol. The van der Waals surface area contributed by atoms with Gasteiger partial charge in [0.15, 0.2) is 0 Å². The molecule has 8 heteroatoms. The number of halogens is 3. The minimum atomic E-state index is -4.98. The van der Waals surface area contributed by atoms with E-state index in [-0.39, 0.29) is 22.7 Å². The Morgan fingerprint density at radius 3 is 2.64 bits per heavy atom. The fourth-order valence-electron chi connectivity index (χ4n) is 3.04. The Labute approximate surface area is 124 Å². The van der Waals surface area contributed by atoms with E-state index in [0.717, 1.165) is 0 Å². The summed E-state index contributed by atoms with van der Waals surface area (Å²) in [5.41, 5.74) is -3.03. The summed E-state index contributed by atoms with van der Waals surface area (Å²) in [4.78, 5) is 16.1. The molecule has 5 nitrogen and oxygen atoms in total. The van der Waals surface area contributed by atoms with E-state index in [1.807, 2.05) is 0 Å². The number of alkyl halides is 3. The van der Waals surface area contributed by atoms with Crippen molar-refractivity contribution < 1.29 is 23.1 Å². The topological polar surface area (TPSA) is 65.8 Å². The number of carbonyl (C=O) groups excluding carboxylic acids is 1. The SMILES string of the molecule is O=C(c1ccncc1)N1N=C2CCCC[C@@H]2[C@@]1(O)C(F)(F)F. The molecule has 1 aliphatic carbocycles. The number of hydrogen-bond donors (Lipinski definition) is 1. The van der Waals surface area contributed by atoms with Crippen molar-refractivity contribution in [2.45, 2.75) is 37.6 Å². The summed E-state index contributed by atoms with van der Waals surface area (Å²) in [6.45, 7) is 0. The molecule has 3 rings (SSSR count). The smallest absolute Gasteiger partial charge is 0.362 e. The number of aliphatic hydroxyl groups is 1. The number of hydrazone groups is 1. The minimum absolute atomic E-state index is 0.000622. The number of carbonyl (C=O) groups is 1. The van der Waals surface area contributed by atoms with Crippen LogP contribution in [0, 0.1) is 5.92 Å². The van der Waals surface area contributed by atoms with Gasteiger partial charge < -0.3 is 5.11 Å². The second-order valence-electron chi connectivity index (χ2n) is 5.47. The molecule has 1 aromatic heterocycles. The monoisotopic (exact) mass is 313 g/mol. The average Bonchev–Trinajstić information content (AvgIpc) is 2.82. The summed E-state index contributed by atoms with van der Waals surface area (Å²) in [7, 11) is 0. The van der Waals surface area contributed by atoms with Crippen LogP contribution in [0.1, 0.15) is 36.0 Å². The normalized spacial score (nSPS) is 28.3. The first-order chi connectivity index (χ1) is 10.4. The van der Waals surface area contributed by atoms with Crippen molar-refractivity contribution >= 4 is 11.6 Å². The Kier molecular flexibility index (Phi) is 3.43. The van der Waals surface area contributed by atoms with Crippen molar-refractivity contribution in [3.63, 3.8) is 0 Å². The Bertz CT molecular complexity index is 618. The lowest BCUT2D eigenvalue weighted by Gasteiger charge is -2.38. The highest BCUT2D eigenvalue weighted by Crippen LogP contribution is 2.48. The van der Waals surface area contributed by atoms with Crippen LogP contribution in [0.25, 0.3) is 0 Å². The molecule has 1 amide bonds. The average molecular weight is 313 g/mol. The predicted molar refractivity (Wildman–Crippen MR) is 70.8 cm³/mol. The molecule has 0 radical (unpaired) electrons. The van der Waals surface area contributed by atoms with Crippen molar-refractivity contribution in [1.29, 1.82) is 0 Å². The number of aromatic nitrogens is 1. The molecule has 0 bridgehead atoms. The van der Waals surface area contributed by atoms with Crippen LogP contribution < -0.4 is 0 Å². The van der Waals surface area contributed by atoms with Gasteiger partial charge in [-0.2, -0.15) is 23.3 Å². The van der Waals surface area contributed by atoms with Gasteiger partial charge in [0.2, 0.25) is 0 Å². The molecule has 2 aliphatic rings. The zero-order chi connectivity index (χ0) is 16.0. The number of fused-ring (bicyclic) bond motifs is 1. The third-order valence-electron chi connectivity index (χ3n) is 4.15. The number of nitrogens with zero attached hydrogens (tertiary/aromatic N) is 3. The van der Waals surface area contributed by atoms with Gasteiger partial charge in [-0.25, -0.2) is 0 Å². The van der Waals surface area contributed by atoms with Gasteiger partial charge >= 0.3 is 6.18 Å². The Hall–Kier alpha value is -1.96. The molecule has 0 spiro atoms.